The minimum Gasteiger partial charge on any atom is -0.0988 e. The van der Waals surface area contributed by atoms with E-state index in [1.807, 2.05) is 6.08 Å². The molecule has 1 unspecified atom stereocenters. The first-order chi connectivity index (χ1) is 5.25. The van der Waals surface area contributed by atoms with Crippen LogP contribution >= 0.6 is 0 Å². The zero-order chi connectivity index (χ0) is 8.27. The summed E-state index contributed by atoms with van der Waals surface area (Å²) in [5, 5.41) is 0. The van der Waals surface area contributed by atoms with Crippen molar-refractivity contribution in [3.8, 4) is 0 Å². The molecule has 58 valence electrons. The van der Waals surface area contributed by atoms with Gasteiger partial charge in [0.1, 0.15) is 0 Å². The minimum absolute atomic E-state index is 0.540. The summed E-state index contributed by atoms with van der Waals surface area (Å²) in [7, 11) is 0. The van der Waals surface area contributed by atoms with Crippen LogP contribution in [-0.4, -0.2) is 0 Å². The van der Waals surface area contributed by atoms with E-state index < -0.39 is 0 Å². The van der Waals surface area contributed by atoms with Gasteiger partial charge in [-0.15, -0.1) is 0 Å². The second kappa shape index (κ2) is 3.38. The molecule has 0 aromatic rings. The van der Waals surface area contributed by atoms with Gasteiger partial charge in [0.25, 0.3) is 0 Å². The third-order valence-electron chi connectivity index (χ3n) is 2.04. The maximum atomic E-state index is 3.75. The fourth-order valence-corrected chi connectivity index (χ4v) is 1.25. The minimum atomic E-state index is 0.540. The van der Waals surface area contributed by atoms with Crippen LogP contribution in [0.4, 0.5) is 0 Å². The largest absolute Gasteiger partial charge is 0.0988 e. The van der Waals surface area contributed by atoms with Crippen LogP contribution in [0.3, 0.4) is 0 Å². The van der Waals surface area contributed by atoms with E-state index in [0.29, 0.717) is 5.92 Å². The lowest BCUT2D eigenvalue weighted by atomic mass is 9.92. The molecule has 0 aromatic heterocycles. The Morgan fingerprint density at radius 2 is 2.27 bits per heavy atom. The molecular formula is C11H14. The van der Waals surface area contributed by atoms with E-state index >= 15 is 0 Å². The van der Waals surface area contributed by atoms with E-state index in [9.17, 15) is 0 Å². The lowest BCUT2D eigenvalue weighted by Crippen LogP contribution is -1.97. The van der Waals surface area contributed by atoms with Crippen LogP contribution in [0.2, 0.25) is 0 Å². The molecule has 0 amide bonds. The van der Waals surface area contributed by atoms with Crippen LogP contribution < -0.4 is 0 Å². The molecule has 0 fully saturated rings. The third-order valence-corrected chi connectivity index (χ3v) is 2.04. The molecule has 0 aliphatic heterocycles. The fraction of sp³-hybridized carbons (Fsp3) is 0.273. The zero-order valence-corrected chi connectivity index (χ0v) is 7.17. The molecule has 0 heteroatoms. The fourth-order valence-electron chi connectivity index (χ4n) is 1.25. The van der Waals surface area contributed by atoms with Crippen LogP contribution in [0.25, 0.3) is 0 Å². The summed E-state index contributed by atoms with van der Waals surface area (Å²) in [6.45, 7) is 8.05. The van der Waals surface area contributed by atoms with Gasteiger partial charge in [0.15, 0.2) is 0 Å². The van der Waals surface area contributed by atoms with Gasteiger partial charge in [0.05, 0.1) is 0 Å². The number of allylic oxidation sites excluding steroid dienone is 7. The van der Waals surface area contributed by atoms with Crippen LogP contribution in [0, 0.1) is 5.92 Å². The van der Waals surface area contributed by atoms with Gasteiger partial charge in [-0.2, -0.15) is 0 Å². The Hall–Kier alpha value is -1.04. The van der Waals surface area contributed by atoms with Crippen molar-refractivity contribution in [3.63, 3.8) is 0 Å². The van der Waals surface area contributed by atoms with Crippen molar-refractivity contribution in [2.75, 3.05) is 0 Å². The summed E-state index contributed by atoms with van der Waals surface area (Å²) in [5.74, 6) is 0.540. The standard InChI is InChI=1S/C11H14/c1-4-9(2)11-8-6-5-7-10(11)3/h4-8,10H,1H2,2-3H3/b11-9+. The lowest BCUT2D eigenvalue weighted by molar-refractivity contribution is 0.872. The van der Waals surface area contributed by atoms with Crippen molar-refractivity contribution in [3.05, 3.63) is 48.1 Å². The Labute approximate surface area is 68.6 Å². The van der Waals surface area contributed by atoms with Crippen molar-refractivity contribution < 1.29 is 0 Å². The van der Waals surface area contributed by atoms with Crippen LogP contribution in [0.1, 0.15) is 13.8 Å². The van der Waals surface area contributed by atoms with Gasteiger partial charge in [0, 0.05) is 0 Å². The van der Waals surface area contributed by atoms with Crippen LogP contribution in [0.5, 0.6) is 0 Å². The molecule has 1 aliphatic carbocycles. The number of rotatable bonds is 1. The van der Waals surface area contributed by atoms with Gasteiger partial charge in [-0.3, -0.25) is 0 Å². The summed E-state index contributed by atoms with van der Waals surface area (Å²) >= 11 is 0. The van der Waals surface area contributed by atoms with Crippen molar-refractivity contribution in [1.82, 2.24) is 0 Å². The van der Waals surface area contributed by atoms with Crippen molar-refractivity contribution in [2.45, 2.75) is 13.8 Å². The highest BCUT2D eigenvalue weighted by Gasteiger charge is 2.05. The van der Waals surface area contributed by atoms with E-state index in [-0.39, 0.29) is 0 Å². The van der Waals surface area contributed by atoms with E-state index in [0.717, 1.165) is 0 Å². The Bertz CT molecular complexity index is 239. The van der Waals surface area contributed by atoms with Crippen molar-refractivity contribution in [2.24, 2.45) is 5.92 Å². The first-order valence-corrected chi connectivity index (χ1v) is 3.93. The van der Waals surface area contributed by atoms with Gasteiger partial charge in [-0.25, -0.2) is 0 Å². The molecule has 0 aromatic carbocycles. The topological polar surface area (TPSA) is 0 Å². The molecule has 0 heterocycles. The maximum absolute atomic E-state index is 3.75. The van der Waals surface area contributed by atoms with E-state index in [1.165, 1.54) is 11.1 Å². The highest BCUT2D eigenvalue weighted by Crippen LogP contribution is 2.21. The zero-order valence-electron chi connectivity index (χ0n) is 7.17. The molecule has 0 bridgehead atoms. The molecule has 0 spiro atoms. The highest BCUT2D eigenvalue weighted by atomic mass is 14.1. The van der Waals surface area contributed by atoms with E-state index in [1.54, 1.807) is 0 Å². The molecule has 0 saturated carbocycles. The summed E-state index contributed by atoms with van der Waals surface area (Å²) in [4.78, 5) is 0. The summed E-state index contributed by atoms with van der Waals surface area (Å²) in [6, 6.07) is 0. The molecule has 1 atom stereocenters. The Morgan fingerprint density at radius 1 is 1.55 bits per heavy atom. The number of hydrogen-bond acceptors (Lipinski definition) is 0. The van der Waals surface area contributed by atoms with Gasteiger partial charge in [-0.1, -0.05) is 43.9 Å². The first kappa shape index (κ1) is 8.06. The van der Waals surface area contributed by atoms with Gasteiger partial charge >= 0.3 is 0 Å². The number of hydrogen-bond donors (Lipinski definition) is 0. The van der Waals surface area contributed by atoms with Gasteiger partial charge < -0.3 is 0 Å². The lowest BCUT2D eigenvalue weighted by Gasteiger charge is -2.13. The van der Waals surface area contributed by atoms with E-state index in [2.05, 4.69) is 44.7 Å². The molecule has 11 heavy (non-hydrogen) atoms. The molecule has 0 radical (unpaired) electrons. The summed E-state index contributed by atoms with van der Waals surface area (Å²) in [5.41, 5.74) is 2.65. The maximum Gasteiger partial charge on any atom is -0.000470 e. The molecule has 0 nitrogen and oxygen atoms in total. The van der Waals surface area contributed by atoms with Crippen molar-refractivity contribution >= 4 is 0 Å². The smallest absolute Gasteiger partial charge is 0.000470 e. The second-order valence-corrected chi connectivity index (χ2v) is 2.88. The second-order valence-electron chi connectivity index (χ2n) is 2.88. The third kappa shape index (κ3) is 1.70. The van der Waals surface area contributed by atoms with Gasteiger partial charge in [-0.05, 0) is 24.0 Å². The molecular weight excluding hydrogens is 132 g/mol. The molecule has 1 rings (SSSR count). The first-order valence-electron chi connectivity index (χ1n) is 3.93. The highest BCUT2D eigenvalue weighted by molar-refractivity contribution is 5.39. The Morgan fingerprint density at radius 3 is 2.82 bits per heavy atom. The average molecular weight is 146 g/mol. The average Bonchev–Trinajstić information content (AvgIpc) is 2.04. The monoisotopic (exact) mass is 146 g/mol. The quantitative estimate of drug-likeness (QED) is 0.532. The van der Waals surface area contributed by atoms with E-state index in [4.69, 9.17) is 0 Å². The predicted molar refractivity (Wildman–Crippen MR) is 50.3 cm³/mol. The molecule has 0 saturated heterocycles. The molecule has 0 N–H and O–H groups in total. The van der Waals surface area contributed by atoms with Crippen LogP contribution in [-0.2, 0) is 0 Å². The summed E-state index contributed by atoms with van der Waals surface area (Å²) in [6.07, 6.45) is 10.4. The predicted octanol–water partition coefficient (Wildman–Crippen LogP) is 3.25. The summed E-state index contributed by atoms with van der Waals surface area (Å²) < 4.78 is 0. The Kier molecular flexibility index (Phi) is 2.48. The normalized spacial score (nSPS) is 26.9. The molecule has 1 aliphatic rings. The van der Waals surface area contributed by atoms with Crippen molar-refractivity contribution in [1.29, 1.82) is 0 Å². The van der Waals surface area contributed by atoms with Gasteiger partial charge in [0.2, 0.25) is 0 Å². The SMILES string of the molecule is C=C/C(C)=C1\C=CC=CC1C. The Balaban J connectivity index is 2.97. The van der Waals surface area contributed by atoms with Crippen LogP contribution in [0.15, 0.2) is 48.1 Å².